The van der Waals surface area contributed by atoms with E-state index < -0.39 is 0 Å². The van der Waals surface area contributed by atoms with Gasteiger partial charge in [-0.3, -0.25) is 0 Å². The molecule has 0 aliphatic heterocycles. The Labute approximate surface area is 101 Å². The minimum absolute atomic E-state index is 1.06. The summed E-state index contributed by atoms with van der Waals surface area (Å²) in [5.74, 6) is 2.31. The summed E-state index contributed by atoms with van der Waals surface area (Å²) < 4.78 is 2.33. The highest BCUT2D eigenvalue weighted by Gasteiger charge is 2.06. The van der Waals surface area contributed by atoms with Gasteiger partial charge in [0, 0.05) is 17.5 Å². The number of pyridine rings is 1. The summed E-state index contributed by atoms with van der Waals surface area (Å²) in [6, 6.07) is 12.9. The first kappa shape index (κ1) is 11.5. The second-order valence-electron chi connectivity index (χ2n) is 3.93. The molecule has 0 bridgehead atoms. The Balaban J connectivity index is 2.11. The highest BCUT2D eigenvalue weighted by Crippen LogP contribution is 2.10. The van der Waals surface area contributed by atoms with Crippen LogP contribution in [0, 0.1) is 0 Å². The second kappa shape index (κ2) is 5.90. The molecular formula is C14H18NS+. The summed E-state index contributed by atoms with van der Waals surface area (Å²) >= 11 is 2.01. The van der Waals surface area contributed by atoms with Gasteiger partial charge in [0.05, 0.1) is 0 Å². The third kappa shape index (κ3) is 2.76. The summed E-state index contributed by atoms with van der Waals surface area (Å²) in [6.07, 6.45) is 4.77. The first-order valence-electron chi connectivity index (χ1n) is 5.87. The third-order valence-corrected chi connectivity index (χ3v) is 3.70. The monoisotopic (exact) mass is 232 g/mol. The molecule has 1 heterocycles. The van der Waals surface area contributed by atoms with Crippen LogP contribution in [0.5, 0.6) is 0 Å². The Hall–Kier alpha value is -1.02. The molecule has 1 nitrogen and oxygen atoms in total. The van der Waals surface area contributed by atoms with E-state index in [1.807, 2.05) is 11.8 Å². The van der Waals surface area contributed by atoms with E-state index in [9.17, 15) is 0 Å². The van der Waals surface area contributed by atoms with E-state index >= 15 is 0 Å². The summed E-state index contributed by atoms with van der Waals surface area (Å²) in [5.41, 5.74) is 1.33. The molecule has 16 heavy (non-hydrogen) atoms. The number of benzene rings is 1. The quantitative estimate of drug-likeness (QED) is 0.562. The number of nitrogens with zero attached hydrogens (tertiary/aromatic N) is 1. The van der Waals surface area contributed by atoms with Crippen molar-refractivity contribution in [1.29, 1.82) is 0 Å². The van der Waals surface area contributed by atoms with Crippen molar-refractivity contribution in [1.82, 2.24) is 0 Å². The Kier molecular flexibility index (Phi) is 4.23. The molecule has 84 valence electrons. The molecule has 0 spiro atoms. The number of hydrogen-bond acceptors (Lipinski definition) is 1. The third-order valence-electron chi connectivity index (χ3n) is 2.66. The Morgan fingerprint density at radius 1 is 1.12 bits per heavy atom. The van der Waals surface area contributed by atoms with Crippen molar-refractivity contribution in [2.75, 3.05) is 5.75 Å². The molecule has 0 aliphatic rings. The Bertz CT molecular complexity index is 448. The van der Waals surface area contributed by atoms with Gasteiger partial charge in [0.1, 0.15) is 0 Å². The van der Waals surface area contributed by atoms with E-state index in [-0.39, 0.29) is 0 Å². The van der Waals surface area contributed by atoms with Gasteiger partial charge in [0.25, 0.3) is 0 Å². The molecular weight excluding hydrogens is 214 g/mol. The van der Waals surface area contributed by atoms with Crippen molar-refractivity contribution in [2.45, 2.75) is 25.6 Å². The number of thioether (sulfide) groups is 1. The predicted octanol–water partition coefficient (Wildman–Crippen LogP) is 3.62. The molecule has 0 atom stereocenters. The molecule has 0 N–H and O–H groups in total. The van der Waals surface area contributed by atoms with E-state index in [0.717, 1.165) is 5.88 Å². The first-order valence-corrected chi connectivity index (χ1v) is 7.02. The van der Waals surface area contributed by atoms with Crippen LogP contribution in [0.15, 0.2) is 42.6 Å². The number of para-hydroxylation sites is 1. The van der Waals surface area contributed by atoms with Gasteiger partial charge in [-0.2, -0.15) is 4.57 Å². The lowest BCUT2D eigenvalue weighted by molar-refractivity contribution is -0.649. The topological polar surface area (TPSA) is 3.88 Å². The van der Waals surface area contributed by atoms with E-state index in [4.69, 9.17) is 0 Å². The maximum Gasteiger partial charge on any atom is 0.213 e. The minimum atomic E-state index is 1.06. The van der Waals surface area contributed by atoms with Gasteiger partial charge in [-0.05, 0) is 24.3 Å². The summed E-state index contributed by atoms with van der Waals surface area (Å²) in [7, 11) is 0. The zero-order chi connectivity index (χ0) is 11.2. The van der Waals surface area contributed by atoms with Crippen molar-refractivity contribution < 1.29 is 4.57 Å². The molecule has 0 amide bonds. The molecule has 0 fully saturated rings. The smallest absolute Gasteiger partial charge is 0.189 e. The normalized spacial score (nSPS) is 10.8. The molecule has 0 saturated heterocycles. The maximum absolute atomic E-state index is 2.33. The Morgan fingerprint density at radius 2 is 1.94 bits per heavy atom. The average Bonchev–Trinajstić information content (AvgIpc) is 2.35. The molecule has 0 unspecified atom stereocenters. The van der Waals surface area contributed by atoms with Crippen LogP contribution in [0.3, 0.4) is 0 Å². The van der Waals surface area contributed by atoms with Gasteiger partial charge >= 0.3 is 0 Å². The predicted molar refractivity (Wildman–Crippen MR) is 71.5 cm³/mol. The van der Waals surface area contributed by atoms with Crippen LogP contribution in [0.25, 0.3) is 10.9 Å². The lowest BCUT2D eigenvalue weighted by Crippen LogP contribution is -2.32. The maximum atomic E-state index is 2.33. The minimum Gasteiger partial charge on any atom is -0.189 e. The average molecular weight is 232 g/mol. The molecule has 0 saturated carbocycles. The van der Waals surface area contributed by atoms with Crippen molar-refractivity contribution in [3.05, 3.63) is 42.6 Å². The van der Waals surface area contributed by atoms with E-state index in [0.29, 0.717) is 0 Å². The van der Waals surface area contributed by atoms with E-state index in [1.54, 1.807) is 0 Å². The van der Waals surface area contributed by atoms with Crippen LogP contribution in [-0.2, 0) is 5.88 Å². The summed E-state index contributed by atoms with van der Waals surface area (Å²) in [6.45, 7) is 2.24. The van der Waals surface area contributed by atoms with Crippen LogP contribution in [0.4, 0.5) is 0 Å². The van der Waals surface area contributed by atoms with Crippen LogP contribution in [0.1, 0.15) is 19.8 Å². The van der Waals surface area contributed by atoms with Gasteiger partial charge in [0.15, 0.2) is 12.1 Å². The molecule has 1 aromatic heterocycles. The first-order chi connectivity index (χ1) is 7.92. The molecule has 0 radical (unpaired) electrons. The van der Waals surface area contributed by atoms with Gasteiger partial charge < -0.3 is 0 Å². The van der Waals surface area contributed by atoms with Crippen molar-refractivity contribution >= 4 is 22.7 Å². The Morgan fingerprint density at radius 3 is 2.81 bits per heavy atom. The highest BCUT2D eigenvalue weighted by molar-refractivity contribution is 7.98. The fourth-order valence-corrected chi connectivity index (χ4v) is 2.79. The fraction of sp³-hybridized carbons (Fsp3) is 0.357. The van der Waals surface area contributed by atoms with Crippen molar-refractivity contribution in [3.8, 4) is 0 Å². The molecule has 2 heteroatoms. The zero-order valence-corrected chi connectivity index (χ0v) is 10.5. The van der Waals surface area contributed by atoms with Gasteiger partial charge in [-0.25, -0.2) is 0 Å². The van der Waals surface area contributed by atoms with Crippen LogP contribution >= 0.6 is 11.8 Å². The fourth-order valence-electron chi connectivity index (χ4n) is 1.74. The largest absolute Gasteiger partial charge is 0.213 e. The van der Waals surface area contributed by atoms with Crippen molar-refractivity contribution in [3.63, 3.8) is 0 Å². The number of aromatic nitrogens is 1. The molecule has 2 aromatic rings. The summed E-state index contributed by atoms with van der Waals surface area (Å²) in [4.78, 5) is 0. The lowest BCUT2D eigenvalue weighted by atomic mass is 10.2. The number of unbranched alkanes of at least 4 members (excludes halogenated alkanes) is 1. The molecule has 2 rings (SSSR count). The zero-order valence-electron chi connectivity index (χ0n) is 9.73. The van der Waals surface area contributed by atoms with Gasteiger partial charge in [-0.15, -0.1) is 0 Å². The van der Waals surface area contributed by atoms with Gasteiger partial charge in [-0.1, -0.05) is 37.2 Å². The number of rotatable bonds is 5. The van der Waals surface area contributed by atoms with Gasteiger partial charge in [0.2, 0.25) is 5.52 Å². The highest BCUT2D eigenvalue weighted by atomic mass is 32.2. The lowest BCUT2D eigenvalue weighted by Gasteiger charge is -2.00. The number of fused-ring (bicyclic) bond motifs is 1. The van der Waals surface area contributed by atoms with Crippen LogP contribution in [0.2, 0.25) is 0 Å². The SMILES string of the molecule is CCCCSC[n+]1cccc2ccccc21. The van der Waals surface area contributed by atoms with E-state index in [1.165, 1.54) is 29.5 Å². The van der Waals surface area contributed by atoms with Crippen LogP contribution < -0.4 is 4.57 Å². The van der Waals surface area contributed by atoms with Crippen LogP contribution in [-0.4, -0.2) is 5.75 Å². The standard InChI is InChI=1S/C14H18NS/c1-2-3-11-16-12-15-10-6-8-13-7-4-5-9-14(13)15/h4-10H,2-3,11-12H2,1H3/q+1. The second-order valence-corrected chi connectivity index (χ2v) is 5.00. The summed E-state index contributed by atoms with van der Waals surface area (Å²) in [5, 5.41) is 1.32. The molecule has 0 aliphatic carbocycles. The van der Waals surface area contributed by atoms with E-state index in [2.05, 4.69) is 54.1 Å². The molecule has 1 aromatic carbocycles. The van der Waals surface area contributed by atoms with Crippen molar-refractivity contribution in [2.24, 2.45) is 0 Å². The number of hydrogen-bond donors (Lipinski definition) is 0.